The van der Waals surface area contributed by atoms with Crippen LogP contribution in [-0.2, 0) is 6.54 Å². The molecule has 22 heavy (non-hydrogen) atoms. The number of hydrogen-bond acceptors (Lipinski definition) is 5. The third-order valence-corrected chi connectivity index (χ3v) is 3.34. The Bertz CT molecular complexity index is 832. The summed E-state index contributed by atoms with van der Waals surface area (Å²) in [6.07, 6.45) is 4.33. The number of halogens is 1. The topological polar surface area (TPSA) is 80.9 Å². The summed E-state index contributed by atoms with van der Waals surface area (Å²) >= 11 is 5.89. The smallest absolute Gasteiger partial charge is 0.217 e. The molecule has 0 saturated heterocycles. The zero-order chi connectivity index (χ0) is 15.5. The maximum atomic E-state index is 12.3. The van der Waals surface area contributed by atoms with Gasteiger partial charge in [-0.05, 0) is 23.8 Å². The molecule has 1 N–H and O–H groups in total. The van der Waals surface area contributed by atoms with Crippen LogP contribution in [0.15, 0.2) is 49.1 Å². The number of hydrogen-bond donors (Lipinski definition) is 1. The number of carbonyl (C=O) groups is 1. The fourth-order valence-corrected chi connectivity index (χ4v) is 2.20. The van der Waals surface area contributed by atoms with Crippen molar-refractivity contribution in [1.29, 1.82) is 0 Å². The van der Waals surface area contributed by atoms with E-state index in [-0.39, 0.29) is 27.9 Å². The second-order valence-electron chi connectivity index (χ2n) is 4.62. The average Bonchev–Trinajstić information content (AvgIpc) is 2.95. The molecule has 0 saturated carbocycles. The molecule has 0 radical (unpaired) electrons. The van der Waals surface area contributed by atoms with Crippen molar-refractivity contribution in [2.24, 2.45) is 0 Å². The predicted octanol–water partition coefficient (Wildman–Crippen LogP) is 2.31. The van der Waals surface area contributed by atoms with Crippen molar-refractivity contribution in [2.75, 3.05) is 0 Å². The first kappa shape index (κ1) is 14.2. The minimum atomic E-state index is -0.333. The van der Waals surface area contributed by atoms with Gasteiger partial charge in [-0.1, -0.05) is 23.7 Å². The number of aromatic nitrogens is 4. The SMILES string of the molecule is O=C(c1ccn(Cc2cccc(O)c2)n1)c1cncnc1Cl. The van der Waals surface area contributed by atoms with Gasteiger partial charge in [0.15, 0.2) is 0 Å². The van der Waals surface area contributed by atoms with E-state index in [0.717, 1.165) is 5.56 Å². The first-order chi connectivity index (χ1) is 10.6. The Kier molecular flexibility index (Phi) is 3.84. The molecule has 0 amide bonds. The predicted molar refractivity (Wildman–Crippen MR) is 79.9 cm³/mol. The number of nitrogens with zero attached hydrogens (tertiary/aromatic N) is 4. The van der Waals surface area contributed by atoms with Gasteiger partial charge in [0.25, 0.3) is 0 Å². The highest BCUT2D eigenvalue weighted by atomic mass is 35.5. The molecule has 0 unspecified atom stereocenters. The monoisotopic (exact) mass is 314 g/mol. The van der Waals surface area contributed by atoms with Crippen LogP contribution >= 0.6 is 11.6 Å². The summed E-state index contributed by atoms with van der Waals surface area (Å²) in [7, 11) is 0. The molecule has 3 aromatic rings. The zero-order valence-electron chi connectivity index (χ0n) is 11.3. The van der Waals surface area contributed by atoms with Gasteiger partial charge in [-0.15, -0.1) is 0 Å². The third kappa shape index (κ3) is 2.96. The molecular weight excluding hydrogens is 304 g/mol. The summed E-state index contributed by atoms with van der Waals surface area (Å²) in [5, 5.41) is 13.8. The molecule has 6 nitrogen and oxygen atoms in total. The number of ketones is 1. The van der Waals surface area contributed by atoms with Gasteiger partial charge >= 0.3 is 0 Å². The quantitative estimate of drug-likeness (QED) is 0.590. The molecule has 0 aliphatic heterocycles. The van der Waals surface area contributed by atoms with Crippen LogP contribution in [0.1, 0.15) is 21.6 Å². The van der Waals surface area contributed by atoms with E-state index in [1.54, 1.807) is 35.1 Å². The molecule has 2 heterocycles. The number of benzene rings is 1. The van der Waals surface area contributed by atoms with E-state index in [0.29, 0.717) is 6.54 Å². The molecule has 0 atom stereocenters. The van der Waals surface area contributed by atoms with Crippen LogP contribution in [0.25, 0.3) is 0 Å². The second-order valence-corrected chi connectivity index (χ2v) is 4.98. The maximum absolute atomic E-state index is 12.3. The maximum Gasteiger partial charge on any atom is 0.217 e. The highest BCUT2D eigenvalue weighted by molar-refractivity contribution is 6.33. The first-order valence-electron chi connectivity index (χ1n) is 6.45. The van der Waals surface area contributed by atoms with Crippen molar-refractivity contribution >= 4 is 17.4 Å². The van der Waals surface area contributed by atoms with E-state index in [4.69, 9.17) is 11.6 Å². The van der Waals surface area contributed by atoms with Crippen molar-refractivity contribution in [3.63, 3.8) is 0 Å². The zero-order valence-corrected chi connectivity index (χ0v) is 12.1. The van der Waals surface area contributed by atoms with Crippen molar-refractivity contribution in [3.05, 3.63) is 71.0 Å². The van der Waals surface area contributed by atoms with Gasteiger partial charge in [0, 0.05) is 12.4 Å². The van der Waals surface area contributed by atoms with E-state index < -0.39 is 0 Å². The Labute approximate surface area is 131 Å². The van der Waals surface area contributed by atoms with Gasteiger partial charge in [0.2, 0.25) is 5.78 Å². The minimum absolute atomic E-state index is 0.0996. The van der Waals surface area contributed by atoms with Gasteiger partial charge < -0.3 is 5.11 Å². The van der Waals surface area contributed by atoms with Crippen LogP contribution < -0.4 is 0 Å². The summed E-state index contributed by atoms with van der Waals surface area (Å²) in [5.41, 5.74) is 1.35. The molecule has 3 rings (SSSR count). The minimum Gasteiger partial charge on any atom is -0.508 e. The summed E-state index contributed by atoms with van der Waals surface area (Å²) in [6, 6.07) is 8.46. The average molecular weight is 315 g/mol. The van der Waals surface area contributed by atoms with Crippen molar-refractivity contribution < 1.29 is 9.90 Å². The molecule has 0 spiro atoms. The lowest BCUT2D eigenvalue weighted by atomic mass is 10.2. The fraction of sp³-hybridized carbons (Fsp3) is 0.0667. The summed E-state index contributed by atoms with van der Waals surface area (Å²) in [4.78, 5) is 19.9. The second kappa shape index (κ2) is 5.95. The first-order valence-corrected chi connectivity index (χ1v) is 6.83. The molecule has 110 valence electrons. The van der Waals surface area contributed by atoms with E-state index in [1.807, 2.05) is 6.07 Å². The van der Waals surface area contributed by atoms with Gasteiger partial charge in [0.05, 0.1) is 12.1 Å². The number of carbonyl (C=O) groups excluding carboxylic acids is 1. The van der Waals surface area contributed by atoms with Crippen LogP contribution in [0, 0.1) is 0 Å². The van der Waals surface area contributed by atoms with E-state index >= 15 is 0 Å². The fourth-order valence-electron chi connectivity index (χ4n) is 2.02. The van der Waals surface area contributed by atoms with Crippen molar-refractivity contribution in [3.8, 4) is 5.75 Å². The lowest BCUT2D eigenvalue weighted by Crippen LogP contribution is -2.07. The van der Waals surface area contributed by atoms with E-state index in [9.17, 15) is 9.90 Å². The summed E-state index contributed by atoms with van der Waals surface area (Å²) < 4.78 is 1.61. The molecule has 0 aliphatic rings. The molecule has 0 aliphatic carbocycles. The number of phenols is 1. The van der Waals surface area contributed by atoms with Crippen LogP contribution in [-0.4, -0.2) is 30.6 Å². The van der Waals surface area contributed by atoms with Gasteiger partial charge in [0.1, 0.15) is 22.9 Å². The Balaban J connectivity index is 1.82. The van der Waals surface area contributed by atoms with Crippen LogP contribution in [0.3, 0.4) is 0 Å². The molecular formula is C15H11ClN4O2. The van der Waals surface area contributed by atoms with Gasteiger partial charge in [-0.3, -0.25) is 9.48 Å². The lowest BCUT2D eigenvalue weighted by Gasteiger charge is -2.02. The number of rotatable bonds is 4. The van der Waals surface area contributed by atoms with Crippen LogP contribution in [0.2, 0.25) is 5.15 Å². The summed E-state index contributed by atoms with van der Waals surface area (Å²) in [5.74, 6) is -0.144. The molecule has 7 heteroatoms. The largest absolute Gasteiger partial charge is 0.508 e. The van der Waals surface area contributed by atoms with Crippen LogP contribution in [0.5, 0.6) is 5.75 Å². The standard InChI is InChI=1S/C15H11ClN4O2/c16-15-12(7-17-9-18-15)14(22)13-4-5-20(19-13)8-10-2-1-3-11(21)6-10/h1-7,9,21H,8H2. The van der Waals surface area contributed by atoms with Crippen LogP contribution in [0.4, 0.5) is 0 Å². The van der Waals surface area contributed by atoms with Gasteiger partial charge in [-0.25, -0.2) is 9.97 Å². The Morgan fingerprint density at radius 1 is 1.32 bits per heavy atom. The Hall–Kier alpha value is -2.73. The molecule has 1 aromatic carbocycles. The molecule has 0 fully saturated rings. The highest BCUT2D eigenvalue weighted by Gasteiger charge is 2.16. The highest BCUT2D eigenvalue weighted by Crippen LogP contribution is 2.16. The van der Waals surface area contributed by atoms with E-state index in [1.165, 1.54) is 12.5 Å². The van der Waals surface area contributed by atoms with Crippen molar-refractivity contribution in [1.82, 2.24) is 19.7 Å². The summed E-state index contributed by atoms with van der Waals surface area (Å²) in [6.45, 7) is 0.445. The normalized spacial score (nSPS) is 10.6. The lowest BCUT2D eigenvalue weighted by molar-refractivity contribution is 0.103. The van der Waals surface area contributed by atoms with E-state index in [2.05, 4.69) is 15.1 Å². The van der Waals surface area contributed by atoms with Gasteiger partial charge in [-0.2, -0.15) is 5.10 Å². The number of phenolic OH excluding ortho intramolecular Hbond substituents is 1. The Morgan fingerprint density at radius 2 is 2.18 bits per heavy atom. The van der Waals surface area contributed by atoms with Crippen molar-refractivity contribution in [2.45, 2.75) is 6.54 Å². The Morgan fingerprint density at radius 3 is 2.95 bits per heavy atom. The number of aromatic hydroxyl groups is 1. The molecule has 0 bridgehead atoms. The third-order valence-electron chi connectivity index (χ3n) is 3.04. The molecule has 2 aromatic heterocycles.